The van der Waals surface area contributed by atoms with E-state index in [-0.39, 0.29) is 17.4 Å². The molecule has 1 aromatic rings. The molecule has 2 rings (SSSR count). The Labute approximate surface area is 151 Å². The van der Waals surface area contributed by atoms with Crippen LogP contribution in [-0.2, 0) is 4.79 Å². The number of halogens is 5. The maximum atomic E-state index is 14.2. The third-order valence-corrected chi connectivity index (χ3v) is 5.28. The first-order valence-corrected chi connectivity index (χ1v) is 8.56. The zero-order chi connectivity index (χ0) is 19.7. The molecule has 26 heavy (non-hydrogen) atoms. The minimum atomic E-state index is -4.89. The Hall–Kier alpha value is -1.97. The Morgan fingerprint density at radius 2 is 1.92 bits per heavy atom. The Balaban J connectivity index is 2.56. The molecule has 0 aliphatic carbocycles. The van der Waals surface area contributed by atoms with Crippen molar-refractivity contribution in [3.63, 3.8) is 0 Å². The first-order valence-electron chi connectivity index (χ1n) is 7.58. The molecule has 0 radical (unpaired) electrons. The summed E-state index contributed by atoms with van der Waals surface area (Å²) in [6, 6.07) is 2.25. The lowest BCUT2D eigenvalue weighted by molar-refractivity contribution is -0.108. The highest BCUT2D eigenvalue weighted by atomic mass is 32.2. The third kappa shape index (κ3) is 3.74. The fraction of sp³-hybridized carbons (Fsp3) is 0.438. The van der Waals surface area contributed by atoms with Gasteiger partial charge in [-0.15, -0.1) is 22.0 Å². The maximum Gasteiger partial charge on any atom is 0.434 e. The number of carbonyl (C=O) groups excluding carboxylic acids is 1. The van der Waals surface area contributed by atoms with Gasteiger partial charge in [0.15, 0.2) is 5.71 Å². The van der Waals surface area contributed by atoms with E-state index in [9.17, 15) is 26.7 Å². The van der Waals surface area contributed by atoms with E-state index < -0.39 is 34.7 Å². The van der Waals surface area contributed by atoms with Crippen molar-refractivity contribution in [2.75, 3.05) is 10.7 Å². The van der Waals surface area contributed by atoms with E-state index in [1.165, 1.54) is 0 Å². The number of thioether (sulfide) groups is 1. The molecule has 0 saturated carbocycles. The van der Waals surface area contributed by atoms with Gasteiger partial charge in [-0.25, -0.2) is 8.78 Å². The van der Waals surface area contributed by atoms with E-state index >= 15 is 0 Å². The summed E-state index contributed by atoms with van der Waals surface area (Å²) in [5, 5.41) is 6.74. The summed E-state index contributed by atoms with van der Waals surface area (Å²) >= 11 is 1.00. The molecule has 0 aromatic heterocycles. The zero-order valence-corrected chi connectivity index (χ0v) is 15.0. The molecular formula is C16H16F5N3OS. The number of anilines is 1. The predicted molar refractivity (Wildman–Crippen MR) is 91.5 cm³/mol. The summed E-state index contributed by atoms with van der Waals surface area (Å²) in [5.41, 5.74) is -3.99. The van der Waals surface area contributed by atoms with Gasteiger partial charge in [0, 0.05) is 11.8 Å². The second-order valence-electron chi connectivity index (χ2n) is 6.20. The second kappa shape index (κ2) is 7.34. The summed E-state index contributed by atoms with van der Waals surface area (Å²) in [4.78, 5) is 12.2. The lowest BCUT2D eigenvalue weighted by Gasteiger charge is -2.37. The van der Waals surface area contributed by atoms with Crippen LogP contribution in [0, 0.1) is 17.6 Å². The van der Waals surface area contributed by atoms with Gasteiger partial charge in [0.05, 0.1) is 5.69 Å². The zero-order valence-electron chi connectivity index (χ0n) is 14.1. The molecule has 1 unspecified atom stereocenters. The van der Waals surface area contributed by atoms with Crippen LogP contribution in [0.25, 0.3) is 0 Å². The van der Waals surface area contributed by atoms with E-state index in [1.54, 1.807) is 0 Å². The molecule has 1 heterocycles. The van der Waals surface area contributed by atoms with E-state index in [1.807, 2.05) is 13.8 Å². The highest BCUT2D eigenvalue weighted by Crippen LogP contribution is 2.40. The van der Waals surface area contributed by atoms with Gasteiger partial charge in [-0.2, -0.15) is 13.2 Å². The Bertz CT molecular complexity index is 763. The van der Waals surface area contributed by atoms with Gasteiger partial charge >= 0.3 is 6.18 Å². The van der Waals surface area contributed by atoms with Crippen LogP contribution in [0.15, 0.2) is 28.4 Å². The van der Waals surface area contributed by atoms with Gasteiger partial charge in [0.25, 0.3) is 0 Å². The summed E-state index contributed by atoms with van der Waals surface area (Å²) in [7, 11) is 0. The molecule has 0 bridgehead atoms. The number of nitrogens with zero attached hydrogens (tertiary/aromatic N) is 3. The number of amides is 1. The fourth-order valence-electron chi connectivity index (χ4n) is 2.44. The Morgan fingerprint density at radius 3 is 2.42 bits per heavy atom. The van der Waals surface area contributed by atoms with Crippen molar-refractivity contribution in [2.45, 2.75) is 32.5 Å². The van der Waals surface area contributed by atoms with Crippen LogP contribution >= 0.6 is 11.8 Å². The molecule has 142 valence electrons. The van der Waals surface area contributed by atoms with Crippen LogP contribution in [0.2, 0.25) is 0 Å². The molecule has 4 nitrogen and oxygen atoms in total. The predicted octanol–water partition coefficient (Wildman–Crippen LogP) is 4.41. The third-order valence-electron chi connectivity index (χ3n) is 3.70. The number of carbonyl (C=O) groups is 1. The topological polar surface area (TPSA) is 45.0 Å². The molecule has 1 aliphatic heterocycles. The summed E-state index contributed by atoms with van der Waals surface area (Å²) in [6.07, 6.45) is -4.83. The molecule has 0 N–H and O–H groups in total. The van der Waals surface area contributed by atoms with Gasteiger partial charge in [0.2, 0.25) is 6.41 Å². The van der Waals surface area contributed by atoms with Gasteiger partial charge in [0.1, 0.15) is 22.2 Å². The van der Waals surface area contributed by atoms with Crippen LogP contribution in [-0.4, -0.2) is 34.6 Å². The van der Waals surface area contributed by atoms with Crippen molar-refractivity contribution in [3.05, 3.63) is 29.8 Å². The molecule has 0 spiro atoms. The normalized spacial score (nSPS) is 20.2. The van der Waals surface area contributed by atoms with Crippen LogP contribution in [0.5, 0.6) is 0 Å². The van der Waals surface area contributed by atoms with Crippen molar-refractivity contribution < 1.29 is 26.7 Å². The first kappa shape index (κ1) is 20.3. The summed E-state index contributed by atoms with van der Waals surface area (Å²) in [6.45, 7) is 4.82. The van der Waals surface area contributed by atoms with E-state index in [0.29, 0.717) is 16.7 Å². The molecule has 0 fully saturated rings. The SMILES string of the molecule is CC(C)CSC1=NN=C(C(F)(F)F)C1(C)N(C=O)c1ccc(F)cc1F. The smallest absolute Gasteiger partial charge is 0.294 e. The van der Waals surface area contributed by atoms with E-state index in [2.05, 4.69) is 10.2 Å². The molecule has 1 amide bonds. The number of benzene rings is 1. The minimum absolute atomic E-state index is 0.0638. The molecular weight excluding hydrogens is 377 g/mol. The highest BCUT2D eigenvalue weighted by molar-refractivity contribution is 8.14. The van der Waals surface area contributed by atoms with Gasteiger partial charge in [-0.3, -0.25) is 9.69 Å². The monoisotopic (exact) mass is 393 g/mol. The maximum absolute atomic E-state index is 14.2. The molecule has 10 heteroatoms. The number of hydrogen-bond donors (Lipinski definition) is 0. The molecule has 1 atom stereocenters. The van der Waals surface area contributed by atoms with E-state index in [4.69, 9.17) is 0 Å². The lowest BCUT2D eigenvalue weighted by atomic mass is 9.94. The van der Waals surface area contributed by atoms with Gasteiger partial charge < -0.3 is 0 Å². The molecule has 0 saturated heterocycles. The van der Waals surface area contributed by atoms with Gasteiger partial charge in [-0.05, 0) is 25.0 Å². The van der Waals surface area contributed by atoms with Crippen molar-refractivity contribution in [2.24, 2.45) is 16.1 Å². The average molecular weight is 393 g/mol. The fourth-order valence-corrected chi connectivity index (χ4v) is 3.50. The van der Waals surface area contributed by atoms with Gasteiger partial charge in [-0.1, -0.05) is 13.8 Å². The minimum Gasteiger partial charge on any atom is -0.294 e. The van der Waals surface area contributed by atoms with Crippen LogP contribution in [0.3, 0.4) is 0 Å². The number of rotatable bonds is 5. The largest absolute Gasteiger partial charge is 0.434 e. The summed E-state index contributed by atoms with van der Waals surface area (Å²) < 4.78 is 67.8. The second-order valence-corrected chi connectivity index (χ2v) is 7.21. The van der Waals surface area contributed by atoms with Crippen molar-refractivity contribution in [3.8, 4) is 0 Å². The Kier molecular flexibility index (Phi) is 5.74. The lowest BCUT2D eigenvalue weighted by Crippen LogP contribution is -2.59. The molecule has 1 aliphatic rings. The quantitative estimate of drug-likeness (QED) is 0.550. The first-order chi connectivity index (χ1) is 12.0. The van der Waals surface area contributed by atoms with Crippen LogP contribution in [0.1, 0.15) is 20.8 Å². The number of alkyl halides is 3. The summed E-state index contributed by atoms with van der Waals surface area (Å²) in [5.74, 6) is -1.52. The van der Waals surface area contributed by atoms with E-state index in [0.717, 1.165) is 30.8 Å². The van der Waals surface area contributed by atoms with Crippen molar-refractivity contribution >= 4 is 34.6 Å². The van der Waals surface area contributed by atoms with Crippen molar-refractivity contribution in [1.82, 2.24) is 0 Å². The standard InChI is InChI=1S/C16H16F5N3OS/c1-9(2)7-26-14-15(3,13(22-23-14)16(19,20)21)24(8-25)12-5-4-10(17)6-11(12)18/h4-6,8-9H,7H2,1-3H3. The number of hydrogen-bond acceptors (Lipinski definition) is 4. The van der Waals surface area contributed by atoms with Crippen LogP contribution < -0.4 is 4.90 Å². The molecule has 1 aromatic carbocycles. The highest BCUT2D eigenvalue weighted by Gasteiger charge is 2.57. The van der Waals surface area contributed by atoms with Crippen molar-refractivity contribution in [1.29, 1.82) is 0 Å². The average Bonchev–Trinajstić information content (AvgIpc) is 2.85. The Morgan fingerprint density at radius 1 is 1.27 bits per heavy atom. The van der Waals surface area contributed by atoms with Crippen LogP contribution in [0.4, 0.5) is 27.6 Å².